The van der Waals surface area contributed by atoms with Crippen molar-refractivity contribution in [3.05, 3.63) is 40.5 Å². The highest BCUT2D eigenvalue weighted by atomic mass is 35.5. The number of carbonyl (C=O) groups excluding carboxylic acids is 1. The van der Waals surface area contributed by atoms with Crippen molar-refractivity contribution in [3.8, 4) is 0 Å². The molecule has 8 nitrogen and oxygen atoms in total. The van der Waals surface area contributed by atoms with E-state index in [2.05, 4.69) is 14.9 Å². The molecule has 1 unspecified atom stereocenters. The summed E-state index contributed by atoms with van der Waals surface area (Å²) in [6.07, 6.45) is 1.62. The van der Waals surface area contributed by atoms with Crippen molar-refractivity contribution in [2.75, 3.05) is 20.1 Å². The number of carbonyl (C=O) groups is 1. The van der Waals surface area contributed by atoms with Gasteiger partial charge in [-0.2, -0.15) is 4.98 Å². The van der Waals surface area contributed by atoms with Crippen molar-refractivity contribution in [1.82, 2.24) is 19.8 Å². The third kappa shape index (κ3) is 3.74. The van der Waals surface area contributed by atoms with E-state index in [0.29, 0.717) is 24.8 Å². The van der Waals surface area contributed by atoms with Crippen LogP contribution in [0, 0.1) is 6.92 Å². The van der Waals surface area contributed by atoms with E-state index < -0.39 is 10.0 Å². The highest BCUT2D eigenvalue weighted by molar-refractivity contribution is 7.89. The zero-order valence-corrected chi connectivity index (χ0v) is 16.0. The first kappa shape index (κ1) is 18.8. The van der Waals surface area contributed by atoms with Crippen LogP contribution in [0.3, 0.4) is 0 Å². The summed E-state index contributed by atoms with van der Waals surface area (Å²) in [5.41, 5.74) is 0.158. The average Bonchev–Trinajstić information content (AvgIpc) is 3.08. The predicted octanol–water partition coefficient (Wildman–Crippen LogP) is 1.96. The topological polar surface area (TPSA) is 105 Å². The van der Waals surface area contributed by atoms with Crippen molar-refractivity contribution in [1.29, 1.82) is 0 Å². The minimum Gasteiger partial charge on any atom is -0.339 e. The molecule has 1 atom stereocenters. The number of hydrogen-bond acceptors (Lipinski definition) is 6. The summed E-state index contributed by atoms with van der Waals surface area (Å²) < 4.78 is 31.4. The fraction of sp³-hybridized carbons (Fsp3) is 0.438. The number of aryl methyl sites for hydroxylation is 1. The van der Waals surface area contributed by atoms with Crippen LogP contribution in [0.4, 0.5) is 0 Å². The number of benzene rings is 1. The Hall–Kier alpha value is -1.97. The smallest absolute Gasteiger partial charge is 0.255 e. The minimum atomic E-state index is -3.67. The van der Waals surface area contributed by atoms with E-state index in [1.807, 2.05) is 0 Å². The van der Waals surface area contributed by atoms with Crippen LogP contribution in [0.1, 0.15) is 40.8 Å². The summed E-state index contributed by atoms with van der Waals surface area (Å²) >= 11 is 6.16. The lowest BCUT2D eigenvalue weighted by molar-refractivity contribution is 0.0695. The van der Waals surface area contributed by atoms with Crippen LogP contribution in [0.5, 0.6) is 0 Å². The van der Waals surface area contributed by atoms with Crippen LogP contribution in [-0.2, 0) is 10.0 Å². The van der Waals surface area contributed by atoms with Crippen LogP contribution in [0.2, 0.25) is 5.02 Å². The molecular weight excluding hydrogens is 380 g/mol. The Bertz CT molecular complexity index is 928. The Labute approximate surface area is 156 Å². The number of nitrogens with one attached hydrogen (secondary N) is 1. The van der Waals surface area contributed by atoms with Gasteiger partial charge in [0.05, 0.1) is 21.4 Å². The van der Waals surface area contributed by atoms with Gasteiger partial charge in [-0.15, -0.1) is 0 Å². The SMILES string of the molecule is CNS(=O)(=O)c1ccc(Cl)c(C(=O)N2CCCC(c3nc(C)no3)C2)c1. The Morgan fingerprint density at radius 1 is 1.42 bits per heavy atom. The molecule has 0 spiro atoms. The minimum absolute atomic E-state index is 0.00571. The van der Waals surface area contributed by atoms with E-state index in [4.69, 9.17) is 16.1 Å². The highest BCUT2D eigenvalue weighted by Crippen LogP contribution is 2.28. The molecule has 1 amide bonds. The number of amides is 1. The first-order valence-corrected chi connectivity index (χ1v) is 10.0. The second-order valence-corrected chi connectivity index (χ2v) is 8.41. The quantitative estimate of drug-likeness (QED) is 0.843. The van der Waals surface area contributed by atoms with Gasteiger partial charge in [0.2, 0.25) is 15.9 Å². The van der Waals surface area contributed by atoms with Crippen LogP contribution < -0.4 is 4.72 Å². The molecule has 1 aliphatic rings. The van der Waals surface area contributed by atoms with Crippen molar-refractivity contribution >= 4 is 27.5 Å². The summed E-state index contributed by atoms with van der Waals surface area (Å²) in [6, 6.07) is 4.09. The summed E-state index contributed by atoms with van der Waals surface area (Å²) in [5, 5.41) is 4.01. The normalized spacial score (nSPS) is 18.1. The van der Waals surface area contributed by atoms with Gasteiger partial charge in [-0.3, -0.25) is 4.79 Å². The molecule has 1 saturated heterocycles. The molecule has 0 bridgehead atoms. The fourth-order valence-electron chi connectivity index (χ4n) is 2.97. The molecule has 0 aliphatic carbocycles. The van der Waals surface area contributed by atoms with Crippen molar-refractivity contribution < 1.29 is 17.7 Å². The number of aromatic nitrogens is 2. The molecule has 1 aromatic carbocycles. The van der Waals surface area contributed by atoms with Gasteiger partial charge in [-0.1, -0.05) is 16.8 Å². The Balaban J connectivity index is 1.85. The number of piperidine rings is 1. The van der Waals surface area contributed by atoms with Crippen molar-refractivity contribution in [3.63, 3.8) is 0 Å². The molecule has 10 heteroatoms. The van der Waals surface area contributed by atoms with E-state index in [-0.39, 0.29) is 27.3 Å². The summed E-state index contributed by atoms with van der Waals surface area (Å²) in [4.78, 5) is 18.8. The van der Waals surface area contributed by atoms with Gasteiger partial charge in [0.25, 0.3) is 5.91 Å². The monoisotopic (exact) mass is 398 g/mol. The molecule has 3 rings (SSSR count). The Morgan fingerprint density at radius 3 is 2.85 bits per heavy atom. The van der Waals surface area contributed by atoms with Gasteiger partial charge in [-0.25, -0.2) is 13.1 Å². The Morgan fingerprint density at radius 2 is 2.19 bits per heavy atom. The van der Waals surface area contributed by atoms with Crippen molar-refractivity contribution in [2.24, 2.45) is 0 Å². The van der Waals surface area contributed by atoms with Gasteiger partial charge in [-0.05, 0) is 45.0 Å². The third-order valence-corrected chi connectivity index (χ3v) is 6.09. The van der Waals surface area contributed by atoms with Crippen LogP contribution in [0.25, 0.3) is 0 Å². The maximum atomic E-state index is 12.9. The maximum absolute atomic E-state index is 12.9. The maximum Gasteiger partial charge on any atom is 0.255 e. The number of halogens is 1. The molecular formula is C16H19ClN4O4S. The van der Waals surface area contributed by atoms with Gasteiger partial charge >= 0.3 is 0 Å². The average molecular weight is 399 g/mol. The van der Waals surface area contributed by atoms with E-state index >= 15 is 0 Å². The predicted molar refractivity (Wildman–Crippen MR) is 94.6 cm³/mol. The molecule has 0 radical (unpaired) electrons. The van der Waals surface area contributed by atoms with Gasteiger partial charge < -0.3 is 9.42 Å². The largest absolute Gasteiger partial charge is 0.339 e. The third-order valence-electron chi connectivity index (χ3n) is 4.35. The Kier molecular flexibility index (Phi) is 5.31. The summed E-state index contributed by atoms with van der Waals surface area (Å²) in [6.45, 7) is 2.72. The second kappa shape index (κ2) is 7.34. The van der Waals surface area contributed by atoms with E-state index in [1.54, 1.807) is 11.8 Å². The van der Waals surface area contributed by atoms with E-state index in [1.165, 1.54) is 25.2 Å². The molecule has 0 saturated carbocycles. The number of rotatable bonds is 4. The molecule has 2 aromatic rings. The second-order valence-electron chi connectivity index (χ2n) is 6.12. The van der Waals surface area contributed by atoms with Gasteiger partial charge in [0.15, 0.2) is 5.82 Å². The zero-order valence-electron chi connectivity index (χ0n) is 14.4. The molecule has 26 heavy (non-hydrogen) atoms. The fourth-order valence-corrected chi connectivity index (χ4v) is 3.92. The number of nitrogens with zero attached hydrogens (tertiary/aromatic N) is 3. The molecule has 1 N–H and O–H groups in total. The summed E-state index contributed by atoms with van der Waals surface area (Å²) in [7, 11) is -2.35. The molecule has 1 fully saturated rings. The van der Waals surface area contributed by atoms with E-state index in [0.717, 1.165) is 12.8 Å². The standard InChI is InChI=1S/C16H19ClN4O4S/c1-10-19-15(25-20-10)11-4-3-7-21(9-11)16(22)13-8-12(5-6-14(13)17)26(23,24)18-2/h5-6,8,11,18H,3-4,7,9H2,1-2H3. The molecule has 1 aliphatic heterocycles. The number of hydrogen-bond donors (Lipinski definition) is 1. The van der Waals surface area contributed by atoms with Gasteiger partial charge in [0, 0.05) is 13.1 Å². The zero-order chi connectivity index (χ0) is 18.9. The van der Waals surface area contributed by atoms with E-state index in [9.17, 15) is 13.2 Å². The first-order chi connectivity index (χ1) is 12.3. The first-order valence-electron chi connectivity index (χ1n) is 8.14. The van der Waals surface area contributed by atoms with Crippen LogP contribution in [0.15, 0.2) is 27.6 Å². The van der Waals surface area contributed by atoms with Crippen LogP contribution >= 0.6 is 11.6 Å². The number of sulfonamides is 1. The van der Waals surface area contributed by atoms with Crippen molar-refractivity contribution in [2.45, 2.75) is 30.6 Å². The number of likely N-dealkylation sites (tertiary alicyclic amines) is 1. The summed E-state index contributed by atoms with van der Waals surface area (Å²) in [5.74, 6) is 0.704. The highest BCUT2D eigenvalue weighted by Gasteiger charge is 2.30. The molecule has 1 aromatic heterocycles. The molecule has 2 heterocycles. The van der Waals surface area contributed by atoms with Crippen LogP contribution in [-0.4, -0.2) is 49.5 Å². The van der Waals surface area contributed by atoms with Gasteiger partial charge in [0.1, 0.15) is 0 Å². The lowest BCUT2D eigenvalue weighted by atomic mass is 9.97. The molecule has 140 valence electrons. The lowest BCUT2D eigenvalue weighted by Crippen LogP contribution is -2.39. The lowest BCUT2D eigenvalue weighted by Gasteiger charge is -2.31.